The molecule has 7 nitrogen and oxygen atoms in total. The summed E-state index contributed by atoms with van der Waals surface area (Å²) < 4.78 is 5.14. The third kappa shape index (κ3) is 4.75. The molecule has 1 saturated heterocycles. The number of rotatable bonds is 7. The van der Waals surface area contributed by atoms with Crippen molar-refractivity contribution in [1.82, 2.24) is 0 Å². The number of methoxy groups -OCH3 is 1. The van der Waals surface area contributed by atoms with Gasteiger partial charge < -0.3 is 20.3 Å². The Balaban J connectivity index is 1.25. The molecule has 166 valence electrons. The molecule has 7 heteroatoms. The zero-order valence-corrected chi connectivity index (χ0v) is 18.1. The zero-order chi connectivity index (χ0) is 21.8. The van der Waals surface area contributed by atoms with E-state index in [1.807, 2.05) is 24.3 Å². The van der Waals surface area contributed by atoms with Gasteiger partial charge in [-0.1, -0.05) is 0 Å². The number of carbonyl (C=O) groups excluding carboxylic acids is 1. The number of hydrogen-bond donors (Lipinski definition) is 2. The van der Waals surface area contributed by atoms with Gasteiger partial charge in [0.1, 0.15) is 17.1 Å². The molecule has 2 N–H and O–H groups in total. The van der Waals surface area contributed by atoms with E-state index in [0.717, 1.165) is 63.1 Å². The third-order valence-corrected chi connectivity index (χ3v) is 6.70. The van der Waals surface area contributed by atoms with Crippen LogP contribution in [0.4, 0.5) is 17.1 Å². The fraction of sp³-hybridized carbons (Fsp3) is 0.542. The van der Waals surface area contributed by atoms with E-state index in [1.165, 1.54) is 6.42 Å². The van der Waals surface area contributed by atoms with Gasteiger partial charge in [0.15, 0.2) is 0 Å². The van der Waals surface area contributed by atoms with Crippen LogP contribution in [-0.2, 0) is 4.79 Å². The summed E-state index contributed by atoms with van der Waals surface area (Å²) in [7, 11) is 1.62. The Kier molecular flexibility index (Phi) is 6.59. The number of nitrogens with one attached hydrogen (secondary N) is 2. The fourth-order valence-corrected chi connectivity index (χ4v) is 4.76. The van der Waals surface area contributed by atoms with Crippen molar-refractivity contribution in [3.63, 3.8) is 0 Å². The molecule has 0 spiro atoms. The highest BCUT2D eigenvalue weighted by Crippen LogP contribution is 2.31. The zero-order valence-electron chi connectivity index (χ0n) is 18.1. The number of carbonyl (C=O) groups is 1. The van der Waals surface area contributed by atoms with Crippen molar-refractivity contribution < 1.29 is 9.53 Å². The highest BCUT2D eigenvalue weighted by atomic mass is 16.5. The summed E-state index contributed by atoms with van der Waals surface area (Å²) in [5.74, 6) is 1.24. The van der Waals surface area contributed by atoms with Crippen molar-refractivity contribution in [1.29, 1.82) is 0 Å². The standard InChI is InChI=1S/C24H31N3O4/c1-31-19-11-9-18(10-12-19)26-24(30)17-7-5-16(6-8-17)15-25-20-21(23(29)22(20)28)27-13-3-2-4-14-27/h9-12,16-17,25H,2-8,13-15H2,1H3,(H,26,30). The van der Waals surface area contributed by atoms with Crippen LogP contribution in [0.15, 0.2) is 33.9 Å². The Hall–Kier alpha value is -2.83. The number of amides is 1. The maximum Gasteiger partial charge on any atom is 0.253 e. The monoisotopic (exact) mass is 425 g/mol. The molecule has 2 aliphatic rings. The van der Waals surface area contributed by atoms with Gasteiger partial charge in [-0.15, -0.1) is 0 Å². The van der Waals surface area contributed by atoms with Gasteiger partial charge >= 0.3 is 0 Å². The van der Waals surface area contributed by atoms with E-state index in [2.05, 4.69) is 15.5 Å². The van der Waals surface area contributed by atoms with Crippen LogP contribution < -0.4 is 31.1 Å². The highest BCUT2D eigenvalue weighted by Gasteiger charge is 2.29. The molecule has 2 fully saturated rings. The van der Waals surface area contributed by atoms with E-state index in [9.17, 15) is 14.4 Å². The van der Waals surface area contributed by atoms with E-state index in [-0.39, 0.29) is 22.7 Å². The Bertz CT molecular complexity index is 964. The van der Waals surface area contributed by atoms with Crippen LogP contribution in [-0.4, -0.2) is 32.7 Å². The summed E-state index contributed by atoms with van der Waals surface area (Å²) >= 11 is 0. The first-order valence-corrected chi connectivity index (χ1v) is 11.3. The molecule has 0 atom stereocenters. The van der Waals surface area contributed by atoms with Crippen LogP contribution in [0.2, 0.25) is 0 Å². The fourth-order valence-electron chi connectivity index (χ4n) is 4.76. The summed E-state index contributed by atoms with van der Waals surface area (Å²) in [5.41, 5.74) is 1.15. The first-order chi connectivity index (χ1) is 15.1. The van der Waals surface area contributed by atoms with Gasteiger partial charge in [0.2, 0.25) is 5.91 Å². The largest absolute Gasteiger partial charge is 0.497 e. The third-order valence-electron chi connectivity index (χ3n) is 6.70. The van der Waals surface area contributed by atoms with Crippen molar-refractivity contribution in [2.75, 3.05) is 42.3 Å². The molecule has 0 radical (unpaired) electrons. The summed E-state index contributed by atoms with van der Waals surface area (Å²) in [6, 6.07) is 7.35. The van der Waals surface area contributed by atoms with Gasteiger partial charge in [-0.3, -0.25) is 14.4 Å². The summed E-state index contributed by atoms with van der Waals surface area (Å²) in [6.07, 6.45) is 6.86. The van der Waals surface area contributed by atoms with Gasteiger partial charge in [-0.05, 0) is 75.1 Å². The minimum atomic E-state index is -0.381. The van der Waals surface area contributed by atoms with Crippen LogP contribution in [0.3, 0.4) is 0 Å². The molecule has 0 unspecified atom stereocenters. The highest BCUT2D eigenvalue weighted by molar-refractivity contribution is 5.92. The minimum absolute atomic E-state index is 0.00777. The van der Waals surface area contributed by atoms with E-state index >= 15 is 0 Å². The van der Waals surface area contributed by atoms with E-state index < -0.39 is 0 Å². The summed E-state index contributed by atoms with van der Waals surface area (Å²) in [4.78, 5) is 38.8. The molecule has 1 aliphatic carbocycles. The maximum atomic E-state index is 12.6. The Morgan fingerprint density at radius 3 is 2.32 bits per heavy atom. The SMILES string of the molecule is COc1ccc(NC(=O)C2CCC(CNc3c(N4CCCCC4)c(=O)c3=O)CC2)cc1. The van der Waals surface area contributed by atoms with Crippen LogP contribution in [0.25, 0.3) is 0 Å². The number of piperidine rings is 1. The molecule has 1 aliphatic heterocycles. The quantitative estimate of drug-likeness (QED) is 0.663. The average molecular weight is 426 g/mol. The average Bonchev–Trinajstić information content (AvgIpc) is 2.82. The minimum Gasteiger partial charge on any atom is -0.497 e. The molecule has 2 aromatic rings. The van der Waals surface area contributed by atoms with Crippen molar-refractivity contribution in [2.45, 2.75) is 44.9 Å². The van der Waals surface area contributed by atoms with Crippen molar-refractivity contribution in [2.24, 2.45) is 11.8 Å². The van der Waals surface area contributed by atoms with Crippen molar-refractivity contribution >= 4 is 23.0 Å². The van der Waals surface area contributed by atoms with Crippen LogP contribution in [0, 0.1) is 11.8 Å². The summed E-state index contributed by atoms with van der Waals surface area (Å²) in [6.45, 7) is 2.39. The number of hydrogen-bond acceptors (Lipinski definition) is 6. The van der Waals surface area contributed by atoms with Gasteiger partial charge in [-0.2, -0.15) is 0 Å². The first-order valence-electron chi connectivity index (χ1n) is 11.3. The number of anilines is 3. The number of nitrogens with zero attached hydrogens (tertiary/aromatic N) is 1. The lowest BCUT2D eigenvalue weighted by Crippen LogP contribution is -2.45. The molecule has 1 saturated carbocycles. The van der Waals surface area contributed by atoms with Crippen LogP contribution >= 0.6 is 0 Å². The smallest absolute Gasteiger partial charge is 0.253 e. The number of benzene rings is 1. The van der Waals surface area contributed by atoms with Gasteiger partial charge in [0.05, 0.1) is 7.11 Å². The molecule has 31 heavy (non-hydrogen) atoms. The Morgan fingerprint density at radius 2 is 1.68 bits per heavy atom. The Labute approximate surface area is 182 Å². The topological polar surface area (TPSA) is 87.7 Å². The second-order valence-corrected chi connectivity index (χ2v) is 8.75. The normalized spacial score (nSPS) is 21.6. The van der Waals surface area contributed by atoms with Gasteiger partial charge in [0, 0.05) is 31.2 Å². The summed E-state index contributed by atoms with van der Waals surface area (Å²) in [5, 5.41) is 6.26. The lowest BCUT2D eigenvalue weighted by atomic mass is 9.81. The second-order valence-electron chi connectivity index (χ2n) is 8.75. The molecular weight excluding hydrogens is 394 g/mol. The maximum absolute atomic E-state index is 12.6. The number of ether oxygens (including phenoxy) is 1. The van der Waals surface area contributed by atoms with Gasteiger partial charge in [-0.25, -0.2) is 0 Å². The Morgan fingerprint density at radius 1 is 1.00 bits per heavy atom. The molecule has 0 aromatic heterocycles. The first kappa shape index (κ1) is 21.4. The van der Waals surface area contributed by atoms with Gasteiger partial charge in [0.25, 0.3) is 10.9 Å². The van der Waals surface area contributed by atoms with E-state index in [1.54, 1.807) is 7.11 Å². The molecular formula is C24H31N3O4. The molecule has 4 rings (SSSR count). The van der Waals surface area contributed by atoms with Crippen LogP contribution in [0.5, 0.6) is 5.75 Å². The predicted molar refractivity (Wildman–Crippen MR) is 123 cm³/mol. The molecule has 1 heterocycles. The molecule has 2 aromatic carbocycles. The predicted octanol–water partition coefficient (Wildman–Crippen LogP) is 3.14. The lowest BCUT2D eigenvalue weighted by molar-refractivity contribution is -0.121. The molecule has 0 bridgehead atoms. The van der Waals surface area contributed by atoms with E-state index in [4.69, 9.17) is 4.74 Å². The lowest BCUT2D eigenvalue weighted by Gasteiger charge is -2.32. The van der Waals surface area contributed by atoms with Crippen LogP contribution in [0.1, 0.15) is 44.9 Å². The van der Waals surface area contributed by atoms with Crippen molar-refractivity contribution in [3.05, 3.63) is 44.7 Å². The van der Waals surface area contributed by atoms with E-state index in [0.29, 0.717) is 23.8 Å². The molecule has 1 amide bonds. The van der Waals surface area contributed by atoms with Crippen molar-refractivity contribution in [3.8, 4) is 5.75 Å². The second kappa shape index (κ2) is 9.54.